The van der Waals surface area contributed by atoms with Gasteiger partial charge in [0.1, 0.15) is 10.9 Å². The van der Waals surface area contributed by atoms with Crippen molar-refractivity contribution in [3.05, 3.63) is 29.7 Å². The molecule has 0 fully saturated rings. The van der Waals surface area contributed by atoms with E-state index in [1.165, 1.54) is 6.07 Å². The number of carbonyl (C=O) groups is 1. The van der Waals surface area contributed by atoms with E-state index in [2.05, 4.69) is 0 Å². The number of rotatable bonds is 3. The highest BCUT2D eigenvalue weighted by Crippen LogP contribution is 2.28. The Kier molecular flexibility index (Phi) is 3.47. The molecule has 18 heavy (non-hydrogen) atoms. The normalized spacial score (nSPS) is 21.1. The van der Waals surface area contributed by atoms with Crippen LogP contribution < -0.4 is 0 Å². The summed E-state index contributed by atoms with van der Waals surface area (Å²) in [7, 11) is -3.97. The molecule has 1 aliphatic rings. The SMILES string of the molecule is O=C(O)C1CC=CCN1S(=O)(=O)c1ccoc1Cl. The van der Waals surface area contributed by atoms with Gasteiger partial charge in [-0.05, 0) is 24.1 Å². The van der Waals surface area contributed by atoms with Crippen LogP contribution >= 0.6 is 11.6 Å². The molecule has 0 spiro atoms. The van der Waals surface area contributed by atoms with Gasteiger partial charge in [0.25, 0.3) is 0 Å². The molecule has 1 atom stereocenters. The molecule has 1 unspecified atom stereocenters. The van der Waals surface area contributed by atoms with E-state index in [9.17, 15) is 13.2 Å². The highest BCUT2D eigenvalue weighted by molar-refractivity contribution is 7.89. The summed E-state index contributed by atoms with van der Waals surface area (Å²) in [5.41, 5.74) is 0. The smallest absolute Gasteiger partial charge is 0.322 e. The van der Waals surface area contributed by atoms with Gasteiger partial charge in [0.15, 0.2) is 0 Å². The molecule has 0 amide bonds. The van der Waals surface area contributed by atoms with Gasteiger partial charge in [-0.15, -0.1) is 0 Å². The summed E-state index contributed by atoms with van der Waals surface area (Å²) in [5.74, 6) is -1.19. The van der Waals surface area contributed by atoms with Crippen LogP contribution in [0.5, 0.6) is 0 Å². The van der Waals surface area contributed by atoms with E-state index in [-0.39, 0.29) is 23.1 Å². The number of sulfonamides is 1. The van der Waals surface area contributed by atoms with Crippen LogP contribution in [0.25, 0.3) is 0 Å². The van der Waals surface area contributed by atoms with Crippen molar-refractivity contribution in [1.29, 1.82) is 0 Å². The maximum absolute atomic E-state index is 12.3. The van der Waals surface area contributed by atoms with Gasteiger partial charge in [0.05, 0.1) is 6.26 Å². The number of carboxylic acid groups (broad SMARTS) is 1. The number of nitrogens with zero attached hydrogens (tertiary/aromatic N) is 1. The molecular weight excluding hydrogens is 282 g/mol. The number of halogens is 1. The van der Waals surface area contributed by atoms with Crippen molar-refractivity contribution in [1.82, 2.24) is 4.31 Å². The van der Waals surface area contributed by atoms with Gasteiger partial charge in [-0.25, -0.2) is 8.42 Å². The van der Waals surface area contributed by atoms with Crippen molar-refractivity contribution in [2.75, 3.05) is 6.54 Å². The zero-order chi connectivity index (χ0) is 13.3. The number of hydrogen-bond donors (Lipinski definition) is 1. The lowest BCUT2D eigenvalue weighted by Crippen LogP contribution is -2.46. The molecule has 2 rings (SSSR count). The van der Waals surface area contributed by atoms with E-state index in [0.29, 0.717) is 0 Å². The fourth-order valence-electron chi connectivity index (χ4n) is 1.73. The van der Waals surface area contributed by atoms with Crippen molar-refractivity contribution >= 4 is 27.6 Å². The largest absolute Gasteiger partial charge is 0.480 e. The Hall–Kier alpha value is -1.31. The first-order valence-corrected chi connectivity index (χ1v) is 6.89. The average molecular weight is 292 g/mol. The summed E-state index contributed by atoms with van der Waals surface area (Å²) in [5, 5.41) is 8.77. The van der Waals surface area contributed by atoms with Crippen LogP contribution in [-0.4, -0.2) is 36.4 Å². The van der Waals surface area contributed by atoms with Gasteiger partial charge in [-0.3, -0.25) is 4.79 Å². The van der Waals surface area contributed by atoms with Crippen molar-refractivity contribution in [3.8, 4) is 0 Å². The Balaban J connectivity index is 2.44. The second kappa shape index (κ2) is 4.75. The fourth-order valence-corrected chi connectivity index (χ4v) is 3.66. The summed E-state index contributed by atoms with van der Waals surface area (Å²) < 4.78 is 30.2. The first-order valence-electron chi connectivity index (χ1n) is 5.07. The van der Waals surface area contributed by atoms with Crippen LogP contribution in [-0.2, 0) is 14.8 Å². The molecule has 0 aliphatic carbocycles. The highest BCUT2D eigenvalue weighted by Gasteiger charge is 2.37. The average Bonchev–Trinajstić information content (AvgIpc) is 2.76. The number of aliphatic carboxylic acids is 1. The monoisotopic (exact) mass is 291 g/mol. The molecule has 0 aromatic carbocycles. The lowest BCUT2D eigenvalue weighted by Gasteiger charge is -2.28. The van der Waals surface area contributed by atoms with Gasteiger partial charge in [-0.1, -0.05) is 12.2 Å². The maximum Gasteiger partial charge on any atom is 0.322 e. The summed E-state index contributed by atoms with van der Waals surface area (Å²) in [6.45, 7) is 0.000802. The third-order valence-electron chi connectivity index (χ3n) is 2.62. The third kappa shape index (κ3) is 2.16. The molecular formula is C10H10ClNO5S. The van der Waals surface area contributed by atoms with Crippen LogP contribution in [0.3, 0.4) is 0 Å². The van der Waals surface area contributed by atoms with Crippen molar-refractivity contribution < 1.29 is 22.7 Å². The first kappa shape index (κ1) is 13.1. The van der Waals surface area contributed by atoms with Crippen LogP contribution in [0, 0.1) is 0 Å². The number of hydrogen-bond acceptors (Lipinski definition) is 4. The van der Waals surface area contributed by atoms with Crippen molar-refractivity contribution in [2.24, 2.45) is 0 Å². The highest BCUT2D eigenvalue weighted by atomic mass is 35.5. The van der Waals surface area contributed by atoms with E-state index >= 15 is 0 Å². The van der Waals surface area contributed by atoms with E-state index < -0.39 is 22.0 Å². The fraction of sp³-hybridized carbons (Fsp3) is 0.300. The Morgan fingerprint density at radius 3 is 2.78 bits per heavy atom. The van der Waals surface area contributed by atoms with Crippen molar-refractivity contribution in [2.45, 2.75) is 17.4 Å². The van der Waals surface area contributed by atoms with E-state index in [1.54, 1.807) is 12.2 Å². The molecule has 6 nitrogen and oxygen atoms in total. The zero-order valence-corrected chi connectivity index (χ0v) is 10.7. The molecule has 1 aromatic heterocycles. The van der Waals surface area contributed by atoms with Gasteiger partial charge in [-0.2, -0.15) is 4.31 Å². The Labute approximate surface area is 108 Å². The van der Waals surface area contributed by atoms with E-state index in [1.807, 2.05) is 0 Å². The minimum Gasteiger partial charge on any atom is -0.480 e. The van der Waals surface area contributed by atoms with Crippen LogP contribution in [0.15, 0.2) is 33.8 Å². The number of furan rings is 1. The molecule has 1 aliphatic heterocycles. The minimum atomic E-state index is -3.97. The second-order valence-electron chi connectivity index (χ2n) is 3.69. The van der Waals surface area contributed by atoms with Crippen LogP contribution in [0.1, 0.15) is 6.42 Å². The molecule has 0 saturated heterocycles. The molecule has 0 bridgehead atoms. The summed E-state index contributed by atoms with van der Waals surface area (Å²) in [6, 6.07) is 0.0838. The summed E-state index contributed by atoms with van der Waals surface area (Å²) >= 11 is 5.63. The molecule has 0 radical (unpaired) electrons. The predicted octanol–water partition coefficient (Wildman–Crippen LogP) is 1.34. The third-order valence-corrected chi connectivity index (χ3v) is 4.92. The Bertz CT molecular complexity index is 591. The lowest BCUT2D eigenvalue weighted by molar-refractivity contribution is -0.141. The quantitative estimate of drug-likeness (QED) is 0.849. The molecule has 2 heterocycles. The van der Waals surface area contributed by atoms with Crippen LogP contribution in [0.4, 0.5) is 0 Å². The second-order valence-corrected chi connectivity index (χ2v) is 5.90. The molecule has 1 N–H and O–H groups in total. The van der Waals surface area contributed by atoms with Gasteiger partial charge < -0.3 is 9.52 Å². The zero-order valence-electron chi connectivity index (χ0n) is 9.11. The van der Waals surface area contributed by atoms with Gasteiger partial charge in [0, 0.05) is 6.54 Å². The molecule has 0 saturated carbocycles. The Morgan fingerprint density at radius 2 is 2.22 bits per heavy atom. The Morgan fingerprint density at radius 1 is 1.50 bits per heavy atom. The number of carboxylic acids is 1. The van der Waals surface area contributed by atoms with Crippen molar-refractivity contribution in [3.63, 3.8) is 0 Å². The molecule has 1 aromatic rings. The summed E-state index contributed by atoms with van der Waals surface area (Å²) in [4.78, 5) is 10.9. The lowest BCUT2D eigenvalue weighted by atomic mass is 10.1. The molecule has 98 valence electrons. The minimum absolute atomic E-state index is 0.000802. The predicted molar refractivity (Wildman–Crippen MR) is 62.8 cm³/mol. The molecule has 8 heteroatoms. The summed E-state index contributed by atoms with van der Waals surface area (Å²) in [6.07, 6.45) is 4.52. The van der Waals surface area contributed by atoms with Crippen LogP contribution in [0.2, 0.25) is 5.22 Å². The standard InChI is InChI=1S/C10H10ClNO5S/c11-9-8(4-6-17-9)18(15,16)12-5-2-1-3-7(12)10(13)14/h1-2,4,6-7H,3,5H2,(H,13,14). The topological polar surface area (TPSA) is 87.8 Å². The first-order chi connectivity index (χ1) is 8.44. The van der Waals surface area contributed by atoms with Gasteiger partial charge >= 0.3 is 5.97 Å². The van der Waals surface area contributed by atoms with E-state index in [4.69, 9.17) is 21.1 Å². The van der Waals surface area contributed by atoms with E-state index in [0.717, 1.165) is 10.6 Å². The van der Waals surface area contributed by atoms with Gasteiger partial charge in [0.2, 0.25) is 15.2 Å². The maximum atomic E-state index is 12.3.